The van der Waals surface area contributed by atoms with Crippen molar-refractivity contribution in [3.63, 3.8) is 0 Å². The number of amides is 2. The fraction of sp³-hybridized carbons (Fsp3) is 0.346. The van der Waals surface area contributed by atoms with Gasteiger partial charge in [0.2, 0.25) is 11.9 Å². The van der Waals surface area contributed by atoms with E-state index >= 15 is 0 Å². The number of benzene rings is 2. The van der Waals surface area contributed by atoms with Crippen molar-refractivity contribution in [1.29, 1.82) is 5.26 Å². The van der Waals surface area contributed by atoms with Crippen molar-refractivity contribution < 1.29 is 33.3 Å². The van der Waals surface area contributed by atoms with Crippen LogP contribution in [0.5, 0.6) is 5.75 Å². The molecule has 1 fully saturated rings. The summed E-state index contributed by atoms with van der Waals surface area (Å²) in [6, 6.07) is 8.36. The molecule has 42 heavy (non-hydrogen) atoms. The van der Waals surface area contributed by atoms with Gasteiger partial charge in [0.05, 0.1) is 46.7 Å². The first kappa shape index (κ1) is 30.8. The Kier molecular flexibility index (Phi) is 9.66. The molecule has 222 valence electrons. The van der Waals surface area contributed by atoms with Crippen LogP contribution in [0.25, 0.3) is 0 Å². The van der Waals surface area contributed by atoms with Crippen molar-refractivity contribution in [3.05, 3.63) is 58.1 Å². The lowest BCUT2D eigenvalue weighted by Gasteiger charge is -2.33. The topological polar surface area (TPSA) is 154 Å². The number of guanidine groups is 1. The number of hydrogen-bond donors (Lipinski definition) is 3. The maximum absolute atomic E-state index is 13.8. The van der Waals surface area contributed by atoms with Crippen LogP contribution >= 0.6 is 23.2 Å². The van der Waals surface area contributed by atoms with Gasteiger partial charge in [0, 0.05) is 24.6 Å². The van der Waals surface area contributed by atoms with E-state index in [4.69, 9.17) is 23.2 Å². The molecular formula is C26H25Cl2F2N7O5. The molecule has 2 heterocycles. The zero-order valence-electron chi connectivity index (χ0n) is 22.0. The quantitative estimate of drug-likeness (QED) is 0.182. The molecule has 0 bridgehead atoms. The normalized spacial score (nSPS) is 20.4. The van der Waals surface area contributed by atoms with Gasteiger partial charge in [-0.05, 0) is 31.2 Å². The highest BCUT2D eigenvalue weighted by Gasteiger charge is 2.44. The molecule has 1 unspecified atom stereocenters. The Morgan fingerprint density at radius 3 is 2.67 bits per heavy atom. The van der Waals surface area contributed by atoms with E-state index in [-0.39, 0.29) is 53.5 Å². The number of hydrazone groups is 1. The van der Waals surface area contributed by atoms with Gasteiger partial charge in [-0.1, -0.05) is 35.3 Å². The van der Waals surface area contributed by atoms with Crippen molar-refractivity contribution in [1.82, 2.24) is 20.1 Å². The lowest BCUT2D eigenvalue weighted by atomic mass is 10.0. The summed E-state index contributed by atoms with van der Waals surface area (Å²) in [5, 5.41) is 38.0. The molecule has 1 saturated heterocycles. The molecule has 2 aliphatic rings. The number of nitrogens with one attached hydrogen (secondary N) is 1. The highest BCUT2D eigenvalue weighted by molar-refractivity contribution is 6.42. The first-order chi connectivity index (χ1) is 20.0. The summed E-state index contributed by atoms with van der Waals surface area (Å²) in [7, 11) is 0. The Hall–Kier alpha value is -4.19. The highest BCUT2D eigenvalue weighted by Crippen LogP contribution is 2.29. The fourth-order valence-electron chi connectivity index (χ4n) is 4.81. The molecule has 2 aliphatic heterocycles. The number of rotatable bonds is 7. The Labute approximate surface area is 249 Å². The third-order valence-electron chi connectivity index (χ3n) is 6.61. The van der Waals surface area contributed by atoms with Gasteiger partial charge in [0.15, 0.2) is 6.19 Å². The van der Waals surface area contributed by atoms with Gasteiger partial charge < -0.3 is 19.8 Å². The number of likely N-dealkylation sites (N-methyl/N-ethyl adjacent to an activating group) is 1. The first-order valence-corrected chi connectivity index (χ1v) is 13.4. The summed E-state index contributed by atoms with van der Waals surface area (Å²) in [5.74, 6) is -0.773. The number of nitriles is 1. The van der Waals surface area contributed by atoms with E-state index in [0.29, 0.717) is 11.3 Å². The molecule has 4 rings (SSSR count). The Morgan fingerprint density at radius 1 is 1.26 bits per heavy atom. The number of likely N-dealkylation sites (tertiary alicyclic amines) is 1. The number of aliphatic hydroxyl groups excluding tert-OH is 1. The van der Waals surface area contributed by atoms with Gasteiger partial charge in [-0.25, -0.2) is 14.8 Å². The maximum Gasteiger partial charge on any atom is 0.408 e. The number of carbonyl (C=O) groups is 2. The number of nitrogens with zero attached hydrogens (tertiary/aromatic N) is 6. The van der Waals surface area contributed by atoms with Crippen LogP contribution in [-0.4, -0.2) is 93.1 Å². The van der Waals surface area contributed by atoms with Gasteiger partial charge in [-0.2, -0.15) is 19.1 Å². The molecule has 2 amide bonds. The molecule has 0 aliphatic carbocycles. The van der Waals surface area contributed by atoms with Gasteiger partial charge in [0.25, 0.3) is 0 Å². The molecule has 2 aromatic carbocycles. The lowest BCUT2D eigenvalue weighted by Crippen LogP contribution is -2.54. The monoisotopic (exact) mass is 623 g/mol. The number of aliphatic hydroxyl groups is 1. The van der Waals surface area contributed by atoms with E-state index in [1.54, 1.807) is 31.3 Å². The number of alkyl halides is 2. The predicted molar refractivity (Wildman–Crippen MR) is 149 cm³/mol. The third kappa shape index (κ3) is 6.81. The van der Waals surface area contributed by atoms with E-state index in [9.17, 15) is 33.8 Å². The number of carbonyl (C=O) groups excluding carboxylic acids is 1. The summed E-state index contributed by atoms with van der Waals surface area (Å²) in [6.45, 7) is -1.43. The van der Waals surface area contributed by atoms with Crippen LogP contribution in [0.3, 0.4) is 0 Å². The van der Waals surface area contributed by atoms with Crippen molar-refractivity contribution >= 4 is 52.6 Å². The SMILES string of the molecule is CCN(C(=O)[C@H]1C[C@@H](O)CN1C(=O)O)C1CN(C(=Nc2cccc(OC(F)F)c2)NC#N)N=C1c1ccc(Cl)c(Cl)c1. The molecular weight excluding hydrogens is 599 g/mol. The second-order valence-corrected chi connectivity index (χ2v) is 10.0. The predicted octanol–water partition coefficient (Wildman–Crippen LogP) is 3.70. The minimum Gasteiger partial charge on any atom is -0.465 e. The minimum atomic E-state index is -3.05. The summed E-state index contributed by atoms with van der Waals surface area (Å²) in [5.41, 5.74) is 1.00. The van der Waals surface area contributed by atoms with Crippen LogP contribution in [0.1, 0.15) is 18.9 Å². The van der Waals surface area contributed by atoms with Gasteiger partial charge >= 0.3 is 12.7 Å². The van der Waals surface area contributed by atoms with E-state index in [1.165, 1.54) is 34.2 Å². The number of halogens is 4. The Morgan fingerprint density at radius 2 is 2.02 bits per heavy atom. The van der Waals surface area contributed by atoms with E-state index in [1.807, 2.05) is 0 Å². The average molecular weight is 624 g/mol. The van der Waals surface area contributed by atoms with Crippen molar-refractivity contribution in [3.8, 4) is 11.9 Å². The first-order valence-electron chi connectivity index (χ1n) is 12.6. The Balaban J connectivity index is 1.74. The van der Waals surface area contributed by atoms with Crippen LogP contribution < -0.4 is 10.1 Å². The van der Waals surface area contributed by atoms with Crippen molar-refractivity contribution in [2.24, 2.45) is 10.1 Å². The molecule has 0 spiro atoms. The van der Waals surface area contributed by atoms with Gasteiger partial charge in [0.1, 0.15) is 11.8 Å². The second kappa shape index (κ2) is 13.2. The number of hydrogen-bond acceptors (Lipinski definition) is 7. The largest absolute Gasteiger partial charge is 0.465 e. The maximum atomic E-state index is 13.8. The zero-order valence-corrected chi connectivity index (χ0v) is 23.5. The molecule has 0 radical (unpaired) electrons. The Bertz CT molecular complexity index is 1450. The molecule has 0 saturated carbocycles. The van der Waals surface area contributed by atoms with Gasteiger partial charge in [-0.15, -0.1) is 0 Å². The van der Waals surface area contributed by atoms with Crippen LogP contribution in [0.4, 0.5) is 19.3 Å². The van der Waals surface area contributed by atoms with Gasteiger partial charge in [-0.3, -0.25) is 15.0 Å². The summed E-state index contributed by atoms with van der Waals surface area (Å²) in [4.78, 5) is 32.2. The van der Waals surface area contributed by atoms with E-state index < -0.39 is 36.8 Å². The minimum absolute atomic E-state index is 0.0295. The number of carboxylic acid groups (broad SMARTS) is 1. The molecule has 2 aromatic rings. The standard InChI is InChI=1S/C26H25Cl2F2N7O5/c1-2-35(23(39)20-10-16(38)11-36(20)26(40)41)21-12-37(34-22(21)14-6-7-18(27)19(28)8-14)25(32-13-31)33-15-4-3-5-17(9-15)42-24(29)30/h3-9,16,20-21,24,38H,2,10-12H2,1H3,(H,32,33)(H,40,41)/t16-,20-,21?/m1/s1. The summed E-state index contributed by atoms with van der Waals surface area (Å²) in [6.07, 6.45) is -0.637. The number of ether oxygens (including phenoxy) is 1. The smallest absolute Gasteiger partial charge is 0.408 e. The second-order valence-electron chi connectivity index (χ2n) is 9.22. The average Bonchev–Trinajstić information content (AvgIpc) is 3.55. The van der Waals surface area contributed by atoms with E-state index in [0.717, 1.165) is 4.90 Å². The van der Waals surface area contributed by atoms with E-state index in [2.05, 4.69) is 20.1 Å². The third-order valence-corrected chi connectivity index (χ3v) is 7.34. The van der Waals surface area contributed by atoms with Crippen molar-refractivity contribution in [2.45, 2.75) is 38.1 Å². The van der Waals surface area contributed by atoms with Crippen LogP contribution in [0.2, 0.25) is 10.0 Å². The zero-order chi connectivity index (χ0) is 30.6. The lowest BCUT2D eigenvalue weighted by molar-refractivity contribution is -0.136. The van der Waals surface area contributed by atoms with Crippen LogP contribution in [0.15, 0.2) is 52.6 Å². The van der Waals surface area contributed by atoms with Crippen LogP contribution in [0, 0.1) is 11.5 Å². The molecule has 16 heteroatoms. The fourth-order valence-corrected chi connectivity index (χ4v) is 5.10. The molecule has 0 aromatic heterocycles. The summed E-state index contributed by atoms with van der Waals surface area (Å²) >= 11 is 12.4. The van der Waals surface area contributed by atoms with Crippen molar-refractivity contribution in [2.75, 3.05) is 19.6 Å². The van der Waals surface area contributed by atoms with Crippen LogP contribution in [-0.2, 0) is 4.79 Å². The highest BCUT2D eigenvalue weighted by atomic mass is 35.5. The molecule has 3 N–H and O–H groups in total. The molecule has 3 atom stereocenters. The number of aliphatic imine (C=N–C) groups is 1. The summed E-state index contributed by atoms with van der Waals surface area (Å²) < 4.78 is 29.9. The number of β-amino-alcohol motifs (C(OH)–C–C–N with tert-alkyl or cyclic N) is 1. The molecule has 12 nitrogen and oxygen atoms in total.